The van der Waals surface area contributed by atoms with E-state index in [1.165, 1.54) is 13.3 Å². The first-order valence-electron chi connectivity index (χ1n) is 5.11. The molecule has 0 aliphatic heterocycles. The second-order valence-corrected chi connectivity index (χ2v) is 3.45. The first-order valence-corrected chi connectivity index (χ1v) is 5.11. The zero-order valence-electron chi connectivity index (χ0n) is 9.58. The Morgan fingerprint density at radius 3 is 3.17 bits per heavy atom. The molecule has 0 aliphatic carbocycles. The Balaban J connectivity index is 2.06. The average molecular weight is 249 g/mol. The van der Waals surface area contributed by atoms with Crippen LogP contribution in [0.3, 0.4) is 0 Å². The molecular formula is C10H11N5O3. The second-order valence-electron chi connectivity index (χ2n) is 3.45. The molecule has 2 N–H and O–H groups in total. The van der Waals surface area contributed by atoms with Crippen LogP contribution in [0.5, 0.6) is 5.88 Å². The lowest BCUT2D eigenvalue weighted by Gasteiger charge is -2.05. The van der Waals surface area contributed by atoms with E-state index in [0.29, 0.717) is 18.1 Å². The predicted octanol–water partition coefficient (Wildman–Crippen LogP) is 1.33. The van der Waals surface area contributed by atoms with Gasteiger partial charge in [0, 0.05) is 18.8 Å². The lowest BCUT2D eigenvalue weighted by molar-refractivity contribution is -0.388. The molecule has 8 nitrogen and oxygen atoms in total. The quantitative estimate of drug-likeness (QED) is 0.611. The van der Waals surface area contributed by atoms with Crippen molar-refractivity contribution in [2.75, 3.05) is 12.4 Å². The molecule has 0 aliphatic rings. The maximum absolute atomic E-state index is 10.7. The van der Waals surface area contributed by atoms with E-state index in [1.807, 2.05) is 0 Å². The highest BCUT2D eigenvalue weighted by molar-refractivity contribution is 5.55. The summed E-state index contributed by atoms with van der Waals surface area (Å²) in [5, 5.41) is 19.5. The Morgan fingerprint density at radius 2 is 2.44 bits per heavy atom. The normalized spacial score (nSPS) is 10.1. The Kier molecular flexibility index (Phi) is 3.37. The largest absolute Gasteiger partial charge is 0.481 e. The number of pyridine rings is 1. The van der Waals surface area contributed by atoms with E-state index < -0.39 is 4.92 Å². The maximum atomic E-state index is 10.7. The van der Waals surface area contributed by atoms with Gasteiger partial charge in [0.1, 0.15) is 6.20 Å². The van der Waals surface area contributed by atoms with Gasteiger partial charge in [0.25, 0.3) is 0 Å². The average Bonchev–Trinajstić information content (AvgIpc) is 2.85. The van der Waals surface area contributed by atoms with E-state index in [2.05, 4.69) is 20.5 Å². The van der Waals surface area contributed by atoms with Crippen molar-refractivity contribution in [1.82, 2.24) is 15.2 Å². The molecule has 2 rings (SSSR count). The molecule has 0 spiro atoms. The van der Waals surface area contributed by atoms with Gasteiger partial charge in [-0.15, -0.1) is 5.10 Å². The smallest absolute Gasteiger partial charge is 0.366 e. The van der Waals surface area contributed by atoms with Crippen molar-refractivity contribution < 1.29 is 9.66 Å². The minimum atomic E-state index is -0.525. The van der Waals surface area contributed by atoms with Crippen molar-refractivity contribution >= 4 is 11.5 Å². The SMILES string of the molecule is COc1cc(CNc2cn[nH]c2[N+](=O)[O-])ccn1. The van der Waals surface area contributed by atoms with Crippen LogP contribution in [0.25, 0.3) is 0 Å². The van der Waals surface area contributed by atoms with E-state index in [0.717, 1.165) is 5.56 Å². The number of methoxy groups -OCH3 is 1. The summed E-state index contributed by atoms with van der Waals surface area (Å²) in [6, 6.07) is 3.54. The van der Waals surface area contributed by atoms with E-state index in [1.54, 1.807) is 18.3 Å². The topological polar surface area (TPSA) is 106 Å². The lowest BCUT2D eigenvalue weighted by Crippen LogP contribution is -2.02. The minimum Gasteiger partial charge on any atom is -0.481 e. The van der Waals surface area contributed by atoms with Crippen molar-refractivity contribution in [3.05, 3.63) is 40.2 Å². The number of hydrogen-bond donors (Lipinski definition) is 2. The highest BCUT2D eigenvalue weighted by atomic mass is 16.6. The van der Waals surface area contributed by atoms with Gasteiger partial charge in [0.15, 0.2) is 5.69 Å². The zero-order valence-corrected chi connectivity index (χ0v) is 9.58. The van der Waals surface area contributed by atoms with Gasteiger partial charge in [-0.05, 0) is 16.6 Å². The second kappa shape index (κ2) is 5.13. The van der Waals surface area contributed by atoms with Crippen LogP contribution in [-0.4, -0.2) is 27.2 Å². The number of nitrogens with zero attached hydrogens (tertiary/aromatic N) is 3. The molecule has 0 fully saturated rings. The molecule has 94 valence electrons. The molecule has 0 saturated carbocycles. The van der Waals surface area contributed by atoms with Gasteiger partial charge in [-0.3, -0.25) is 0 Å². The third kappa shape index (κ3) is 2.54. The van der Waals surface area contributed by atoms with Crippen molar-refractivity contribution in [2.24, 2.45) is 0 Å². The van der Waals surface area contributed by atoms with E-state index in [4.69, 9.17) is 4.74 Å². The fourth-order valence-electron chi connectivity index (χ4n) is 1.42. The van der Waals surface area contributed by atoms with Crippen molar-refractivity contribution in [2.45, 2.75) is 6.54 Å². The summed E-state index contributed by atoms with van der Waals surface area (Å²) < 4.78 is 4.99. The van der Waals surface area contributed by atoms with Gasteiger partial charge in [-0.2, -0.15) is 0 Å². The van der Waals surface area contributed by atoms with Crippen LogP contribution in [0.2, 0.25) is 0 Å². The molecule has 0 bridgehead atoms. The number of ether oxygens (including phenoxy) is 1. The first-order chi connectivity index (χ1) is 8.70. The molecule has 0 aromatic carbocycles. The predicted molar refractivity (Wildman–Crippen MR) is 63.4 cm³/mol. The number of anilines is 1. The Labute approximate surface area is 102 Å². The number of nitrogens with one attached hydrogen (secondary N) is 2. The summed E-state index contributed by atoms with van der Waals surface area (Å²) in [5.41, 5.74) is 1.24. The highest BCUT2D eigenvalue weighted by Gasteiger charge is 2.14. The molecule has 0 amide bonds. The van der Waals surface area contributed by atoms with Crippen LogP contribution < -0.4 is 10.1 Å². The summed E-state index contributed by atoms with van der Waals surface area (Å²) in [6.45, 7) is 0.416. The standard InChI is InChI=1S/C10H11N5O3/c1-18-9-4-7(2-3-11-9)5-12-8-6-13-14-10(8)15(16)17/h2-4,6,12H,5H2,1H3,(H,13,14). The van der Waals surface area contributed by atoms with Gasteiger partial charge in [-0.25, -0.2) is 4.98 Å². The molecule has 0 radical (unpaired) electrons. The molecule has 2 aromatic heterocycles. The van der Waals surface area contributed by atoms with Crippen LogP contribution in [0.4, 0.5) is 11.5 Å². The van der Waals surface area contributed by atoms with Crippen LogP contribution in [0.1, 0.15) is 5.56 Å². The van der Waals surface area contributed by atoms with Gasteiger partial charge in [0.2, 0.25) is 5.88 Å². The number of aromatic amines is 1. The fourth-order valence-corrected chi connectivity index (χ4v) is 1.42. The molecule has 0 unspecified atom stereocenters. The Bertz CT molecular complexity index is 554. The van der Waals surface area contributed by atoms with Crippen molar-refractivity contribution in [1.29, 1.82) is 0 Å². The van der Waals surface area contributed by atoms with Crippen LogP contribution >= 0.6 is 0 Å². The fraction of sp³-hybridized carbons (Fsp3) is 0.200. The van der Waals surface area contributed by atoms with Gasteiger partial charge >= 0.3 is 5.82 Å². The highest BCUT2D eigenvalue weighted by Crippen LogP contribution is 2.20. The number of nitro groups is 1. The summed E-state index contributed by atoms with van der Waals surface area (Å²) in [5.74, 6) is 0.340. The van der Waals surface area contributed by atoms with Crippen LogP contribution in [0, 0.1) is 10.1 Å². The molecule has 0 atom stereocenters. The van der Waals surface area contributed by atoms with E-state index in [-0.39, 0.29) is 5.82 Å². The number of H-pyrrole nitrogens is 1. The molecule has 0 saturated heterocycles. The first kappa shape index (κ1) is 11.8. The number of hydrogen-bond acceptors (Lipinski definition) is 6. The molecule has 2 heterocycles. The van der Waals surface area contributed by atoms with Gasteiger partial charge in [0.05, 0.1) is 7.11 Å². The summed E-state index contributed by atoms with van der Waals surface area (Å²) in [4.78, 5) is 14.1. The minimum absolute atomic E-state index is 0.156. The van der Waals surface area contributed by atoms with Crippen molar-refractivity contribution in [3.63, 3.8) is 0 Å². The van der Waals surface area contributed by atoms with E-state index >= 15 is 0 Å². The zero-order chi connectivity index (χ0) is 13.0. The van der Waals surface area contributed by atoms with Crippen LogP contribution in [-0.2, 0) is 6.54 Å². The summed E-state index contributed by atoms with van der Waals surface area (Å²) >= 11 is 0. The monoisotopic (exact) mass is 249 g/mol. The third-order valence-electron chi connectivity index (χ3n) is 2.29. The van der Waals surface area contributed by atoms with Crippen LogP contribution in [0.15, 0.2) is 24.5 Å². The Hall–Kier alpha value is -2.64. The molecule has 8 heteroatoms. The number of rotatable bonds is 5. The summed E-state index contributed by atoms with van der Waals surface area (Å²) in [7, 11) is 1.53. The van der Waals surface area contributed by atoms with Gasteiger partial charge < -0.3 is 20.2 Å². The molecular weight excluding hydrogens is 238 g/mol. The van der Waals surface area contributed by atoms with E-state index in [9.17, 15) is 10.1 Å². The van der Waals surface area contributed by atoms with Gasteiger partial charge in [-0.1, -0.05) is 5.10 Å². The molecule has 2 aromatic rings. The third-order valence-corrected chi connectivity index (χ3v) is 2.29. The number of aromatic nitrogens is 3. The lowest BCUT2D eigenvalue weighted by atomic mass is 10.2. The molecule has 18 heavy (non-hydrogen) atoms. The Morgan fingerprint density at radius 1 is 1.61 bits per heavy atom. The summed E-state index contributed by atoms with van der Waals surface area (Å²) in [6.07, 6.45) is 2.98. The maximum Gasteiger partial charge on any atom is 0.366 e. The van der Waals surface area contributed by atoms with Crippen molar-refractivity contribution in [3.8, 4) is 5.88 Å².